The Morgan fingerprint density at radius 2 is 1.94 bits per heavy atom. The highest BCUT2D eigenvalue weighted by Gasteiger charge is 2.26. The van der Waals surface area contributed by atoms with Crippen LogP contribution in [0.5, 0.6) is 5.75 Å². The van der Waals surface area contributed by atoms with E-state index in [0.717, 1.165) is 24.2 Å². The van der Waals surface area contributed by atoms with Crippen LogP contribution < -0.4 is 15.4 Å². The van der Waals surface area contributed by atoms with Gasteiger partial charge in [0.1, 0.15) is 12.4 Å². The summed E-state index contributed by atoms with van der Waals surface area (Å²) in [6, 6.07) is 8.10. The van der Waals surface area contributed by atoms with E-state index in [-0.39, 0.29) is 12.1 Å². The zero-order valence-electron chi connectivity index (χ0n) is 10.3. The molecule has 0 spiro atoms. The maximum absolute atomic E-state index is 11.9. The van der Waals surface area contributed by atoms with Crippen molar-refractivity contribution in [2.24, 2.45) is 0 Å². The number of carbonyl (C=O) groups excluding carboxylic acids is 1. The number of nitrogens with one attached hydrogen (secondary N) is 2. The first-order valence-corrected chi connectivity index (χ1v) is 6.62. The van der Waals surface area contributed by atoms with Gasteiger partial charge in [-0.1, -0.05) is 31.0 Å². The third-order valence-electron chi connectivity index (χ3n) is 3.70. The van der Waals surface area contributed by atoms with Crippen LogP contribution in [0.15, 0.2) is 24.3 Å². The number of ether oxygens (including phenoxy) is 1. The van der Waals surface area contributed by atoms with Crippen LogP contribution in [-0.4, -0.2) is 18.7 Å². The minimum atomic E-state index is -0.0767. The number of para-hydroxylation sites is 1. The van der Waals surface area contributed by atoms with E-state index >= 15 is 0 Å². The maximum Gasteiger partial charge on any atom is 0.315 e. The molecule has 1 unspecified atom stereocenters. The fourth-order valence-electron chi connectivity index (χ4n) is 2.74. The lowest BCUT2D eigenvalue weighted by molar-refractivity contribution is 0.228. The van der Waals surface area contributed by atoms with Crippen LogP contribution in [-0.2, 0) is 0 Å². The molecule has 0 saturated heterocycles. The lowest BCUT2D eigenvalue weighted by Crippen LogP contribution is -2.42. The summed E-state index contributed by atoms with van der Waals surface area (Å²) in [4.78, 5) is 11.9. The largest absolute Gasteiger partial charge is 0.491 e. The van der Waals surface area contributed by atoms with Crippen LogP contribution in [0.4, 0.5) is 4.79 Å². The van der Waals surface area contributed by atoms with E-state index < -0.39 is 0 Å². The Kier molecular flexibility index (Phi) is 3.09. The second-order valence-corrected chi connectivity index (χ2v) is 5.00. The van der Waals surface area contributed by atoms with E-state index in [4.69, 9.17) is 4.74 Å². The Morgan fingerprint density at radius 1 is 1.17 bits per heavy atom. The summed E-state index contributed by atoms with van der Waals surface area (Å²) >= 11 is 0. The first-order chi connectivity index (χ1) is 8.83. The number of amides is 2. The Bertz CT molecular complexity index is 441. The zero-order valence-corrected chi connectivity index (χ0v) is 10.3. The third kappa shape index (κ3) is 2.28. The highest BCUT2D eigenvalue weighted by molar-refractivity contribution is 5.75. The topological polar surface area (TPSA) is 50.4 Å². The zero-order chi connectivity index (χ0) is 12.4. The molecule has 0 aromatic heterocycles. The van der Waals surface area contributed by atoms with Crippen molar-refractivity contribution in [1.29, 1.82) is 0 Å². The third-order valence-corrected chi connectivity index (χ3v) is 3.70. The number of carbonyl (C=O) groups is 1. The molecule has 18 heavy (non-hydrogen) atoms. The standard InChI is InChI=1S/C14H18N2O2/c17-14(15-10-5-1-2-6-10)16-12-9-18-13-8-4-3-7-11(12)13/h3-4,7-8,10,12H,1-2,5-6,9H2,(H2,15,16,17). The van der Waals surface area contributed by atoms with Crippen LogP contribution in [0.3, 0.4) is 0 Å². The van der Waals surface area contributed by atoms with Gasteiger partial charge in [-0.15, -0.1) is 0 Å². The summed E-state index contributed by atoms with van der Waals surface area (Å²) in [6.45, 7) is 0.525. The average molecular weight is 246 g/mol. The number of hydrogen-bond acceptors (Lipinski definition) is 2. The fourth-order valence-corrected chi connectivity index (χ4v) is 2.74. The van der Waals surface area contributed by atoms with Gasteiger partial charge in [0.15, 0.2) is 0 Å². The van der Waals surface area contributed by atoms with Crippen molar-refractivity contribution in [3.63, 3.8) is 0 Å². The molecule has 1 fully saturated rings. The molecule has 1 heterocycles. The molecule has 1 aliphatic heterocycles. The Balaban J connectivity index is 1.58. The molecular formula is C14H18N2O2. The van der Waals surface area contributed by atoms with Crippen LogP contribution in [0, 0.1) is 0 Å². The summed E-state index contributed by atoms with van der Waals surface area (Å²) in [6.07, 6.45) is 4.65. The quantitative estimate of drug-likeness (QED) is 0.841. The summed E-state index contributed by atoms with van der Waals surface area (Å²) in [5.74, 6) is 0.878. The molecule has 0 bridgehead atoms. The lowest BCUT2D eigenvalue weighted by atomic mass is 10.1. The Hall–Kier alpha value is -1.71. The average Bonchev–Trinajstić information content (AvgIpc) is 3.00. The van der Waals surface area contributed by atoms with Crippen molar-refractivity contribution in [2.75, 3.05) is 6.61 Å². The highest BCUT2D eigenvalue weighted by Crippen LogP contribution is 2.31. The fraction of sp³-hybridized carbons (Fsp3) is 0.500. The predicted molar refractivity (Wildman–Crippen MR) is 68.6 cm³/mol. The van der Waals surface area contributed by atoms with Gasteiger partial charge in [0.2, 0.25) is 0 Å². The molecule has 4 nitrogen and oxygen atoms in total. The number of urea groups is 1. The van der Waals surface area contributed by atoms with Gasteiger partial charge in [-0.3, -0.25) is 0 Å². The molecule has 2 N–H and O–H groups in total. The van der Waals surface area contributed by atoms with Gasteiger partial charge in [-0.2, -0.15) is 0 Å². The first kappa shape index (κ1) is 11.4. The second kappa shape index (κ2) is 4.88. The van der Waals surface area contributed by atoms with Crippen molar-refractivity contribution in [2.45, 2.75) is 37.8 Å². The molecule has 1 aromatic rings. The smallest absolute Gasteiger partial charge is 0.315 e. The number of fused-ring (bicyclic) bond motifs is 1. The van der Waals surface area contributed by atoms with Crippen LogP contribution >= 0.6 is 0 Å². The van der Waals surface area contributed by atoms with Crippen molar-refractivity contribution < 1.29 is 9.53 Å². The van der Waals surface area contributed by atoms with Gasteiger partial charge >= 0.3 is 6.03 Å². The summed E-state index contributed by atoms with van der Waals surface area (Å²) in [7, 11) is 0. The molecule has 1 aliphatic carbocycles. The molecule has 2 amide bonds. The number of rotatable bonds is 2. The SMILES string of the molecule is O=C(NC1CCCC1)NC1COc2ccccc21. The summed E-state index contributed by atoms with van der Waals surface area (Å²) < 4.78 is 5.54. The summed E-state index contributed by atoms with van der Waals surface area (Å²) in [5.41, 5.74) is 1.07. The van der Waals surface area contributed by atoms with Crippen molar-refractivity contribution in [3.8, 4) is 5.75 Å². The highest BCUT2D eigenvalue weighted by atomic mass is 16.5. The normalized spacial score (nSPS) is 22.3. The molecule has 1 saturated carbocycles. The van der Waals surface area contributed by atoms with Gasteiger partial charge in [0.05, 0.1) is 6.04 Å². The van der Waals surface area contributed by atoms with Gasteiger partial charge in [-0.25, -0.2) is 4.79 Å². The van der Waals surface area contributed by atoms with E-state index in [2.05, 4.69) is 10.6 Å². The molecule has 0 radical (unpaired) electrons. The van der Waals surface area contributed by atoms with Gasteiger partial charge in [0.25, 0.3) is 0 Å². The Labute approximate surface area is 107 Å². The molecule has 3 rings (SSSR count). The van der Waals surface area contributed by atoms with Gasteiger partial charge < -0.3 is 15.4 Å². The van der Waals surface area contributed by atoms with Gasteiger partial charge in [-0.05, 0) is 18.9 Å². The van der Waals surface area contributed by atoms with E-state index in [1.165, 1.54) is 12.8 Å². The van der Waals surface area contributed by atoms with E-state index in [0.29, 0.717) is 12.6 Å². The molecule has 96 valence electrons. The first-order valence-electron chi connectivity index (χ1n) is 6.62. The van der Waals surface area contributed by atoms with Crippen molar-refractivity contribution >= 4 is 6.03 Å². The number of benzene rings is 1. The molecular weight excluding hydrogens is 228 g/mol. The number of hydrogen-bond donors (Lipinski definition) is 2. The maximum atomic E-state index is 11.9. The van der Waals surface area contributed by atoms with E-state index in [1.807, 2.05) is 24.3 Å². The van der Waals surface area contributed by atoms with Crippen molar-refractivity contribution in [3.05, 3.63) is 29.8 Å². The van der Waals surface area contributed by atoms with Crippen molar-refractivity contribution in [1.82, 2.24) is 10.6 Å². The second-order valence-electron chi connectivity index (χ2n) is 5.00. The van der Waals surface area contributed by atoms with Crippen LogP contribution in [0.1, 0.15) is 37.3 Å². The van der Waals surface area contributed by atoms with Crippen LogP contribution in [0.25, 0.3) is 0 Å². The molecule has 4 heteroatoms. The summed E-state index contributed by atoms with van der Waals surface area (Å²) in [5, 5.41) is 6.02. The lowest BCUT2D eigenvalue weighted by Gasteiger charge is -2.16. The minimum Gasteiger partial charge on any atom is -0.491 e. The van der Waals surface area contributed by atoms with Gasteiger partial charge in [0, 0.05) is 11.6 Å². The predicted octanol–water partition coefficient (Wildman–Crippen LogP) is 2.36. The molecule has 1 atom stereocenters. The minimum absolute atomic E-state index is 0.0254. The monoisotopic (exact) mass is 246 g/mol. The Morgan fingerprint density at radius 3 is 2.78 bits per heavy atom. The molecule has 2 aliphatic rings. The molecule has 1 aromatic carbocycles. The van der Waals surface area contributed by atoms with E-state index in [9.17, 15) is 4.79 Å². The van der Waals surface area contributed by atoms with E-state index in [1.54, 1.807) is 0 Å². The van der Waals surface area contributed by atoms with Crippen LogP contribution in [0.2, 0.25) is 0 Å².